The summed E-state index contributed by atoms with van der Waals surface area (Å²) < 4.78 is 0. The van der Waals surface area contributed by atoms with E-state index in [0.29, 0.717) is 0 Å². The molecule has 0 aliphatic heterocycles. The van der Waals surface area contributed by atoms with Gasteiger partial charge >= 0.3 is 0 Å². The van der Waals surface area contributed by atoms with Crippen molar-refractivity contribution in [1.82, 2.24) is 4.98 Å². The van der Waals surface area contributed by atoms with Crippen LogP contribution in [0, 0.1) is 6.92 Å². The molecule has 2 aromatic rings. The number of hydrogen-bond acceptors (Lipinski definition) is 3. The maximum absolute atomic E-state index is 4.38. The van der Waals surface area contributed by atoms with Crippen LogP contribution in [0.5, 0.6) is 0 Å². The topological polar surface area (TPSA) is 24.9 Å². The Morgan fingerprint density at radius 1 is 1.19 bits per heavy atom. The van der Waals surface area contributed by atoms with E-state index in [0.717, 1.165) is 10.8 Å². The molecule has 1 N–H and O–H groups in total. The van der Waals surface area contributed by atoms with Gasteiger partial charge in [0.15, 0.2) is 5.13 Å². The highest BCUT2D eigenvalue weighted by Gasteiger charge is 1.95. The van der Waals surface area contributed by atoms with Gasteiger partial charge in [0.05, 0.1) is 5.69 Å². The van der Waals surface area contributed by atoms with Crippen LogP contribution in [0.2, 0.25) is 0 Å². The minimum atomic E-state index is 0.948. The second-order valence-electron chi connectivity index (χ2n) is 3.57. The fourth-order valence-corrected chi connectivity index (χ4v) is 1.98. The van der Waals surface area contributed by atoms with Crippen LogP contribution < -0.4 is 5.32 Å². The molecule has 1 aromatic carbocycles. The van der Waals surface area contributed by atoms with Gasteiger partial charge < -0.3 is 5.32 Å². The molecule has 82 valence electrons. The lowest BCUT2D eigenvalue weighted by Gasteiger charge is -1.93. The molecule has 1 heterocycles. The summed E-state index contributed by atoms with van der Waals surface area (Å²) in [4.78, 5) is 4.38. The Hall–Kier alpha value is -1.61. The van der Waals surface area contributed by atoms with Crippen molar-refractivity contribution in [2.75, 3.05) is 12.4 Å². The molecule has 0 unspecified atom stereocenters. The Balaban J connectivity index is 2.11. The normalized spacial score (nSPS) is 10.9. The monoisotopic (exact) mass is 230 g/mol. The van der Waals surface area contributed by atoms with E-state index in [2.05, 4.69) is 47.6 Å². The Labute approximate surface area is 99.7 Å². The standard InChI is InChI=1S/C13H14N2S/c1-10-3-5-11(6-4-10)7-8-12-9-16-13(14-2)15-12/h3-9H,1-2H3,(H,14,15)/b8-7+. The van der Waals surface area contributed by atoms with Crippen molar-refractivity contribution in [3.8, 4) is 0 Å². The molecule has 0 aliphatic carbocycles. The van der Waals surface area contributed by atoms with Gasteiger partial charge in [-0.3, -0.25) is 0 Å². The molecular formula is C13H14N2S. The number of aromatic nitrogens is 1. The second kappa shape index (κ2) is 4.94. The fraction of sp³-hybridized carbons (Fsp3) is 0.154. The molecule has 2 rings (SSSR count). The highest BCUT2D eigenvalue weighted by atomic mass is 32.1. The van der Waals surface area contributed by atoms with Gasteiger partial charge in [-0.1, -0.05) is 35.9 Å². The maximum Gasteiger partial charge on any atom is 0.182 e. The zero-order valence-corrected chi connectivity index (χ0v) is 10.2. The molecule has 0 saturated heterocycles. The van der Waals surface area contributed by atoms with E-state index in [1.165, 1.54) is 11.1 Å². The summed E-state index contributed by atoms with van der Waals surface area (Å²) in [6, 6.07) is 8.44. The summed E-state index contributed by atoms with van der Waals surface area (Å²) in [6.07, 6.45) is 4.11. The highest BCUT2D eigenvalue weighted by Crippen LogP contribution is 2.16. The van der Waals surface area contributed by atoms with Gasteiger partial charge in [-0.25, -0.2) is 4.98 Å². The number of aryl methyl sites for hydroxylation is 1. The summed E-state index contributed by atoms with van der Waals surface area (Å²) >= 11 is 1.61. The summed E-state index contributed by atoms with van der Waals surface area (Å²) in [5, 5.41) is 6.01. The lowest BCUT2D eigenvalue weighted by atomic mass is 10.1. The van der Waals surface area contributed by atoms with Crippen molar-refractivity contribution in [3.05, 3.63) is 46.5 Å². The van der Waals surface area contributed by atoms with E-state index >= 15 is 0 Å². The van der Waals surface area contributed by atoms with E-state index in [-0.39, 0.29) is 0 Å². The summed E-state index contributed by atoms with van der Waals surface area (Å²) in [5.41, 5.74) is 3.47. The van der Waals surface area contributed by atoms with Gasteiger partial charge in [0.25, 0.3) is 0 Å². The third-order valence-electron chi connectivity index (χ3n) is 2.26. The van der Waals surface area contributed by atoms with Crippen LogP contribution in [-0.2, 0) is 0 Å². The summed E-state index contributed by atoms with van der Waals surface area (Å²) in [6.45, 7) is 2.09. The molecule has 0 spiro atoms. The molecule has 0 saturated carbocycles. The lowest BCUT2D eigenvalue weighted by molar-refractivity contribution is 1.34. The van der Waals surface area contributed by atoms with Crippen LogP contribution in [0.1, 0.15) is 16.8 Å². The highest BCUT2D eigenvalue weighted by molar-refractivity contribution is 7.13. The van der Waals surface area contributed by atoms with Gasteiger partial charge in [-0.05, 0) is 18.6 Å². The number of nitrogens with zero attached hydrogens (tertiary/aromatic N) is 1. The Morgan fingerprint density at radius 3 is 2.56 bits per heavy atom. The molecule has 0 aliphatic rings. The van der Waals surface area contributed by atoms with Crippen molar-refractivity contribution >= 4 is 28.6 Å². The predicted molar refractivity (Wildman–Crippen MR) is 71.8 cm³/mol. The summed E-state index contributed by atoms with van der Waals surface area (Å²) in [5.74, 6) is 0. The van der Waals surface area contributed by atoms with Gasteiger partial charge in [0.1, 0.15) is 0 Å². The first-order chi connectivity index (χ1) is 7.78. The molecule has 16 heavy (non-hydrogen) atoms. The largest absolute Gasteiger partial charge is 0.365 e. The van der Waals surface area contributed by atoms with Crippen molar-refractivity contribution in [3.63, 3.8) is 0 Å². The average Bonchev–Trinajstić information content (AvgIpc) is 2.76. The number of nitrogens with one attached hydrogen (secondary N) is 1. The first-order valence-corrected chi connectivity index (χ1v) is 6.04. The molecule has 0 fully saturated rings. The molecule has 2 nitrogen and oxygen atoms in total. The third-order valence-corrected chi connectivity index (χ3v) is 3.14. The van der Waals surface area contributed by atoms with Gasteiger partial charge in [0.2, 0.25) is 0 Å². The number of anilines is 1. The Morgan fingerprint density at radius 2 is 1.94 bits per heavy atom. The van der Waals surface area contributed by atoms with Crippen molar-refractivity contribution in [2.24, 2.45) is 0 Å². The maximum atomic E-state index is 4.38. The minimum absolute atomic E-state index is 0.948. The van der Waals surface area contributed by atoms with E-state index in [4.69, 9.17) is 0 Å². The van der Waals surface area contributed by atoms with E-state index in [9.17, 15) is 0 Å². The first-order valence-electron chi connectivity index (χ1n) is 5.16. The second-order valence-corrected chi connectivity index (χ2v) is 4.43. The number of hydrogen-bond donors (Lipinski definition) is 1. The zero-order valence-electron chi connectivity index (χ0n) is 9.40. The molecule has 1 aromatic heterocycles. The van der Waals surface area contributed by atoms with Gasteiger partial charge in [-0.2, -0.15) is 0 Å². The molecule has 3 heteroatoms. The number of rotatable bonds is 3. The van der Waals surface area contributed by atoms with Crippen LogP contribution in [0.15, 0.2) is 29.6 Å². The summed E-state index contributed by atoms with van der Waals surface area (Å²) in [7, 11) is 1.88. The van der Waals surface area contributed by atoms with Gasteiger partial charge in [0, 0.05) is 12.4 Å². The number of thiazole rings is 1. The van der Waals surface area contributed by atoms with Crippen molar-refractivity contribution in [2.45, 2.75) is 6.92 Å². The number of benzene rings is 1. The molecule has 0 amide bonds. The lowest BCUT2D eigenvalue weighted by Crippen LogP contribution is -1.85. The molecule has 0 bridgehead atoms. The van der Waals surface area contributed by atoms with E-state index in [1.807, 2.05) is 18.5 Å². The first kappa shape index (κ1) is 10.9. The molecular weight excluding hydrogens is 216 g/mol. The van der Waals surface area contributed by atoms with Crippen molar-refractivity contribution < 1.29 is 0 Å². The smallest absolute Gasteiger partial charge is 0.182 e. The average molecular weight is 230 g/mol. The Bertz CT molecular complexity index is 483. The minimum Gasteiger partial charge on any atom is -0.365 e. The SMILES string of the molecule is CNc1nc(/C=C/c2ccc(C)cc2)cs1. The van der Waals surface area contributed by atoms with Crippen LogP contribution in [-0.4, -0.2) is 12.0 Å². The van der Waals surface area contributed by atoms with Crippen molar-refractivity contribution in [1.29, 1.82) is 0 Å². The third kappa shape index (κ3) is 2.70. The van der Waals surface area contributed by atoms with Crippen LogP contribution >= 0.6 is 11.3 Å². The molecule has 0 atom stereocenters. The van der Waals surface area contributed by atoms with Crippen LogP contribution in [0.3, 0.4) is 0 Å². The van der Waals surface area contributed by atoms with Crippen LogP contribution in [0.4, 0.5) is 5.13 Å². The van der Waals surface area contributed by atoms with E-state index < -0.39 is 0 Å². The Kier molecular flexibility index (Phi) is 3.37. The van der Waals surface area contributed by atoms with E-state index in [1.54, 1.807) is 11.3 Å². The molecule has 0 radical (unpaired) electrons. The quantitative estimate of drug-likeness (QED) is 0.870. The van der Waals surface area contributed by atoms with Crippen LogP contribution in [0.25, 0.3) is 12.2 Å². The fourth-order valence-electron chi connectivity index (χ4n) is 1.34. The predicted octanol–water partition coefficient (Wildman–Crippen LogP) is 3.66. The van der Waals surface area contributed by atoms with Gasteiger partial charge in [-0.15, -0.1) is 11.3 Å². The zero-order chi connectivity index (χ0) is 11.4.